The summed E-state index contributed by atoms with van der Waals surface area (Å²) in [5, 5.41) is 8.76. The molecular formula is C15H19N3O4S. The lowest BCUT2D eigenvalue weighted by atomic mass is 10.2. The SMILES string of the molecule is CC[C@H](NS(=O)(=O)c1ccc(C#N)cc1)C(=O)N1CCOCC1. The molecule has 0 radical (unpaired) electrons. The number of morpholine rings is 1. The second-order valence-corrected chi connectivity index (χ2v) is 6.87. The molecule has 0 aromatic heterocycles. The molecule has 1 aliphatic heterocycles. The van der Waals surface area contributed by atoms with E-state index < -0.39 is 16.1 Å². The molecule has 1 fully saturated rings. The van der Waals surface area contributed by atoms with Gasteiger partial charge in [-0.2, -0.15) is 9.98 Å². The Morgan fingerprint density at radius 2 is 1.96 bits per heavy atom. The lowest BCUT2D eigenvalue weighted by molar-refractivity contribution is -0.137. The van der Waals surface area contributed by atoms with Crippen molar-refractivity contribution in [2.45, 2.75) is 24.3 Å². The smallest absolute Gasteiger partial charge is 0.241 e. The summed E-state index contributed by atoms with van der Waals surface area (Å²) in [6.07, 6.45) is 0.353. The molecule has 2 rings (SSSR count). The first kappa shape index (κ1) is 17.4. The molecule has 0 saturated carbocycles. The van der Waals surface area contributed by atoms with E-state index in [4.69, 9.17) is 10.00 Å². The van der Waals surface area contributed by atoms with Gasteiger partial charge in [0.1, 0.15) is 6.04 Å². The van der Waals surface area contributed by atoms with E-state index in [-0.39, 0.29) is 10.8 Å². The van der Waals surface area contributed by atoms with Gasteiger partial charge >= 0.3 is 0 Å². The van der Waals surface area contributed by atoms with E-state index in [0.29, 0.717) is 38.3 Å². The molecule has 0 bridgehead atoms. The summed E-state index contributed by atoms with van der Waals surface area (Å²) < 4.78 is 32.4. The van der Waals surface area contributed by atoms with Crippen molar-refractivity contribution in [3.8, 4) is 6.07 Å². The molecule has 0 spiro atoms. The molecule has 1 amide bonds. The molecule has 1 heterocycles. The van der Waals surface area contributed by atoms with E-state index in [9.17, 15) is 13.2 Å². The second kappa shape index (κ2) is 7.55. The van der Waals surface area contributed by atoms with Crippen molar-refractivity contribution >= 4 is 15.9 Å². The fourth-order valence-corrected chi connectivity index (χ4v) is 3.55. The molecule has 23 heavy (non-hydrogen) atoms. The summed E-state index contributed by atoms with van der Waals surface area (Å²) in [4.78, 5) is 14.1. The number of nitriles is 1. The zero-order chi connectivity index (χ0) is 16.9. The van der Waals surface area contributed by atoms with E-state index >= 15 is 0 Å². The van der Waals surface area contributed by atoms with Crippen LogP contribution < -0.4 is 4.72 Å². The van der Waals surface area contributed by atoms with Crippen molar-refractivity contribution in [3.05, 3.63) is 29.8 Å². The first-order valence-electron chi connectivity index (χ1n) is 7.37. The van der Waals surface area contributed by atoms with Gasteiger partial charge in [0, 0.05) is 13.1 Å². The fraction of sp³-hybridized carbons (Fsp3) is 0.467. The lowest BCUT2D eigenvalue weighted by Crippen LogP contribution is -2.51. The summed E-state index contributed by atoms with van der Waals surface area (Å²) in [7, 11) is -3.82. The molecule has 1 aromatic rings. The van der Waals surface area contributed by atoms with Gasteiger partial charge in [0.25, 0.3) is 0 Å². The van der Waals surface area contributed by atoms with Crippen LogP contribution in [0.4, 0.5) is 0 Å². The molecule has 8 heteroatoms. The van der Waals surface area contributed by atoms with E-state index in [1.165, 1.54) is 24.3 Å². The van der Waals surface area contributed by atoms with Crippen LogP contribution in [0.3, 0.4) is 0 Å². The average molecular weight is 337 g/mol. The number of carbonyl (C=O) groups excluding carboxylic acids is 1. The minimum Gasteiger partial charge on any atom is -0.378 e. The highest BCUT2D eigenvalue weighted by Gasteiger charge is 2.28. The molecule has 1 atom stereocenters. The summed E-state index contributed by atoms with van der Waals surface area (Å²) in [5.41, 5.74) is 0.375. The van der Waals surface area contributed by atoms with Gasteiger partial charge in [-0.25, -0.2) is 8.42 Å². The number of benzene rings is 1. The van der Waals surface area contributed by atoms with Gasteiger partial charge in [0.2, 0.25) is 15.9 Å². The Labute approximate surface area is 135 Å². The number of nitrogens with zero attached hydrogens (tertiary/aromatic N) is 2. The zero-order valence-electron chi connectivity index (χ0n) is 12.9. The van der Waals surface area contributed by atoms with Crippen LogP contribution in [-0.4, -0.2) is 51.6 Å². The molecule has 1 aliphatic rings. The van der Waals surface area contributed by atoms with Gasteiger partial charge in [0.15, 0.2) is 0 Å². The van der Waals surface area contributed by atoms with Crippen LogP contribution in [0, 0.1) is 11.3 Å². The van der Waals surface area contributed by atoms with E-state index in [2.05, 4.69) is 4.72 Å². The topological polar surface area (TPSA) is 99.5 Å². The number of rotatable bonds is 5. The van der Waals surface area contributed by atoms with Crippen molar-refractivity contribution < 1.29 is 17.9 Å². The standard InChI is InChI=1S/C15H19N3O4S/c1-2-14(15(19)18-7-9-22-10-8-18)17-23(20,21)13-5-3-12(11-16)4-6-13/h3-6,14,17H,2,7-10H2,1H3/t14-/m0/s1. The van der Waals surface area contributed by atoms with Crippen LogP contribution in [0.2, 0.25) is 0 Å². The minimum absolute atomic E-state index is 0.0322. The van der Waals surface area contributed by atoms with Gasteiger partial charge in [-0.05, 0) is 30.7 Å². The quantitative estimate of drug-likeness (QED) is 0.842. The second-order valence-electron chi connectivity index (χ2n) is 5.16. The Morgan fingerprint density at radius 1 is 1.35 bits per heavy atom. The Bertz CT molecular complexity index is 688. The zero-order valence-corrected chi connectivity index (χ0v) is 13.7. The van der Waals surface area contributed by atoms with Crippen LogP contribution in [-0.2, 0) is 19.6 Å². The van der Waals surface area contributed by atoms with E-state index in [0.717, 1.165) is 0 Å². The number of hydrogen-bond donors (Lipinski definition) is 1. The number of ether oxygens (including phenoxy) is 1. The van der Waals surface area contributed by atoms with Gasteiger partial charge in [-0.15, -0.1) is 0 Å². The molecular weight excluding hydrogens is 318 g/mol. The van der Waals surface area contributed by atoms with Gasteiger partial charge in [-0.3, -0.25) is 4.79 Å². The third-order valence-corrected chi connectivity index (χ3v) is 5.11. The van der Waals surface area contributed by atoms with Crippen molar-refractivity contribution in [3.63, 3.8) is 0 Å². The number of sulfonamides is 1. The molecule has 124 valence electrons. The Kier molecular flexibility index (Phi) is 5.71. The number of hydrogen-bond acceptors (Lipinski definition) is 5. The van der Waals surface area contributed by atoms with Gasteiger partial charge in [-0.1, -0.05) is 6.92 Å². The molecule has 1 saturated heterocycles. The highest BCUT2D eigenvalue weighted by molar-refractivity contribution is 7.89. The third-order valence-electron chi connectivity index (χ3n) is 3.62. The summed E-state index contributed by atoms with van der Waals surface area (Å²) in [5.74, 6) is -0.243. The molecule has 7 nitrogen and oxygen atoms in total. The Hall–Kier alpha value is -1.95. The van der Waals surface area contributed by atoms with Gasteiger partial charge in [0.05, 0.1) is 29.7 Å². The van der Waals surface area contributed by atoms with E-state index in [1.54, 1.807) is 11.8 Å². The van der Waals surface area contributed by atoms with Crippen LogP contribution in [0.5, 0.6) is 0 Å². The van der Waals surface area contributed by atoms with Crippen molar-refractivity contribution in [2.75, 3.05) is 26.3 Å². The maximum Gasteiger partial charge on any atom is 0.241 e. The van der Waals surface area contributed by atoms with E-state index in [1.807, 2.05) is 6.07 Å². The predicted molar refractivity (Wildman–Crippen MR) is 83.0 cm³/mol. The maximum absolute atomic E-state index is 12.4. The number of nitrogens with one attached hydrogen (secondary N) is 1. The first-order chi connectivity index (χ1) is 11.0. The van der Waals surface area contributed by atoms with Crippen molar-refractivity contribution in [2.24, 2.45) is 0 Å². The van der Waals surface area contributed by atoms with Crippen LogP contribution in [0.1, 0.15) is 18.9 Å². The molecule has 0 aliphatic carbocycles. The van der Waals surface area contributed by atoms with Crippen LogP contribution >= 0.6 is 0 Å². The summed E-state index contributed by atoms with van der Waals surface area (Å²) >= 11 is 0. The number of carbonyl (C=O) groups is 1. The molecule has 1 N–H and O–H groups in total. The normalized spacial score (nSPS) is 16.6. The first-order valence-corrected chi connectivity index (χ1v) is 8.85. The number of amides is 1. The third kappa shape index (κ3) is 4.28. The Morgan fingerprint density at radius 3 is 2.48 bits per heavy atom. The maximum atomic E-state index is 12.4. The molecule has 0 unspecified atom stereocenters. The predicted octanol–water partition coefficient (Wildman–Crippen LogP) is 0.474. The van der Waals surface area contributed by atoms with Crippen molar-refractivity contribution in [1.82, 2.24) is 9.62 Å². The van der Waals surface area contributed by atoms with Gasteiger partial charge < -0.3 is 9.64 Å². The van der Waals surface area contributed by atoms with Crippen LogP contribution in [0.15, 0.2) is 29.2 Å². The average Bonchev–Trinajstić information content (AvgIpc) is 2.60. The summed E-state index contributed by atoms with van der Waals surface area (Å²) in [6, 6.07) is 6.69. The Balaban J connectivity index is 2.12. The lowest BCUT2D eigenvalue weighted by Gasteiger charge is -2.30. The highest BCUT2D eigenvalue weighted by Crippen LogP contribution is 2.12. The fourth-order valence-electron chi connectivity index (χ4n) is 2.28. The van der Waals surface area contributed by atoms with Crippen LogP contribution in [0.25, 0.3) is 0 Å². The monoisotopic (exact) mass is 337 g/mol. The summed E-state index contributed by atoms with van der Waals surface area (Å²) in [6.45, 7) is 3.61. The van der Waals surface area contributed by atoms with Crippen molar-refractivity contribution in [1.29, 1.82) is 5.26 Å². The minimum atomic E-state index is -3.82. The highest BCUT2D eigenvalue weighted by atomic mass is 32.2. The molecule has 1 aromatic carbocycles. The largest absolute Gasteiger partial charge is 0.378 e.